The van der Waals surface area contributed by atoms with E-state index >= 15 is 0 Å². The van der Waals surface area contributed by atoms with E-state index in [0.29, 0.717) is 0 Å². The second kappa shape index (κ2) is 6.88. The van der Waals surface area contributed by atoms with E-state index in [9.17, 15) is 18.3 Å². The van der Waals surface area contributed by atoms with Crippen LogP contribution in [0.2, 0.25) is 0 Å². The molecule has 0 fully saturated rings. The Balaban J connectivity index is 2.43. The number of nitrogens with zero attached hydrogens (tertiary/aromatic N) is 2. The minimum atomic E-state index is -4.01. The first-order chi connectivity index (χ1) is 11.2. The molecule has 0 bridgehead atoms. The van der Waals surface area contributed by atoms with Crippen molar-refractivity contribution in [2.75, 3.05) is 11.8 Å². The lowest BCUT2D eigenvalue weighted by Gasteiger charge is -2.22. The molecule has 1 amide bonds. The number of aromatic hydroxyl groups is 1. The van der Waals surface area contributed by atoms with E-state index < -0.39 is 10.0 Å². The van der Waals surface area contributed by atoms with Gasteiger partial charge in [0.15, 0.2) is 0 Å². The highest BCUT2D eigenvalue weighted by Gasteiger charge is 2.25. The number of hydrogen-bond donors (Lipinski definition) is 2. The van der Waals surface area contributed by atoms with Crippen LogP contribution in [0.3, 0.4) is 0 Å². The Morgan fingerprint density at radius 1 is 1.25 bits per heavy atom. The number of rotatable bonds is 5. The number of anilines is 1. The second-order valence-electron chi connectivity index (χ2n) is 5.54. The van der Waals surface area contributed by atoms with Crippen molar-refractivity contribution in [2.45, 2.75) is 24.8 Å². The Kier molecular flexibility index (Phi) is 5.08. The summed E-state index contributed by atoms with van der Waals surface area (Å²) < 4.78 is 27.6. The third-order valence-corrected chi connectivity index (χ3v) is 4.92. The van der Waals surface area contributed by atoms with Crippen molar-refractivity contribution < 1.29 is 18.3 Å². The lowest BCUT2D eigenvalue weighted by Crippen LogP contribution is -2.34. The molecule has 0 aliphatic carbocycles. The van der Waals surface area contributed by atoms with Gasteiger partial charge in [0.05, 0.1) is 23.6 Å². The van der Waals surface area contributed by atoms with Crippen LogP contribution in [0.5, 0.6) is 5.75 Å². The summed E-state index contributed by atoms with van der Waals surface area (Å²) in [4.78, 5) is 17.6. The highest BCUT2D eigenvalue weighted by molar-refractivity contribution is 7.92. The van der Waals surface area contributed by atoms with E-state index in [1.54, 1.807) is 19.2 Å². The van der Waals surface area contributed by atoms with Crippen LogP contribution in [0.25, 0.3) is 0 Å². The first kappa shape index (κ1) is 17.7. The molecule has 2 aromatic rings. The molecule has 0 saturated carbocycles. The molecule has 128 valence electrons. The Hall–Kier alpha value is -2.61. The highest BCUT2D eigenvalue weighted by atomic mass is 32.2. The Morgan fingerprint density at radius 3 is 2.54 bits per heavy atom. The lowest BCUT2D eigenvalue weighted by atomic mass is 10.2. The molecule has 8 heteroatoms. The molecular weight excluding hydrogens is 330 g/mol. The van der Waals surface area contributed by atoms with E-state index in [1.807, 2.05) is 13.8 Å². The first-order valence-electron chi connectivity index (χ1n) is 7.25. The van der Waals surface area contributed by atoms with Crippen LogP contribution >= 0.6 is 0 Å². The van der Waals surface area contributed by atoms with Crippen molar-refractivity contribution in [3.05, 3.63) is 48.3 Å². The summed E-state index contributed by atoms with van der Waals surface area (Å²) in [6, 6.07) is 7.14. The van der Waals surface area contributed by atoms with Crippen molar-refractivity contribution in [3.8, 4) is 5.75 Å². The van der Waals surface area contributed by atoms with Gasteiger partial charge in [0.25, 0.3) is 15.9 Å². The number of carbonyl (C=O) groups is 1. The number of carbonyl (C=O) groups excluding carboxylic acids is 1. The first-order valence-corrected chi connectivity index (χ1v) is 8.73. The molecule has 0 aliphatic rings. The van der Waals surface area contributed by atoms with Crippen LogP contribution in [0.4, 0.5) is 5.69 Å². The maximum atomic E-state index is 12.6. The van der Waals surface area contributed by atoms with Crippen LogP contribution in [0.1, 0.15) is 24.2 Å². The Labute approximate surface area is 141 Å². The number of amides is 1. The molecule has 0 aliphatic heterocycles. The van der Waals surface area contributed by atoms with Crippen molar-refractivity contribution in [3.63, 3.8) is 0 Å². The SMILES string of the molecule is CC(C)N(C)C(=O)c1ccccc1S(=O)(=O)Nc1cncc(O)c1. The largest absolute Gasteiger partial charge is 0.506 e. The topological polar surface area (TPSA) is 99.6 Å². The predicted octanol–water partition coefficient (Wildman–Crippen LogP) is 2.07. The molecule has 1 heterocycles. The minimum absolute atomic E-state index is 0.0727. The zero-order valence-electron chi connectivity index (χ0n) is 13.6. The minimum Gasteiger partial charge on any atom is -0.506 e. The van der Waals surface area contributed by atoms with Crippen molar-refractivity contribution in [1.82, 2.24) is 9.88 Å². The van der Waals surface area contributed by atoms with Crippen molar-refractivity contribution >= 4 is 21.6 Å². The number of nitrogens with one attached hydrogen (secondary N) is 1. The summed E-state index contributed by atoms with van der Waals surface area (Å²) in [5.41, 5.74) is 0.184. The molecule has 24 heavy (non-hydrogen) atoms. The summed E-state index contributed by atoms with van der Waals surface area (Å²) >= 11 is 0. The average molecular weight is 349 g/mol. The number of hydrogen-bond acceptors (Lipinski definition) is 5. The van der Waals surface area contributed by atoms with Gasteiger partial charge in [0.2, 0.25) is 0 Å². The third-order valence-electron chi connectivity index (χ3n) is 3.48. The quantitative estimate of drug-likeness (QED) is 0.861. The van der Waals surface area contributed by atoms with Gasteiger partial charge in [-0.25, -0.2) is 8.42 Å². The summed E-state index contributed by atoms with van der Waals surface area (Å²) in [5, 5.41) is 9.40. The third kappa shape index (κ3) is 3.83. The predicted molar refractivity (Wildman–Crippen MR) is 90.4 cm³/mol. The Bertz CT molecular complexity index is 850. The van der Waals surface area contributed by atoms with Crippen molar-refractivity contribution in [2.24, 2.45) is 0 Å². The molecule has 7 nitrogen and oxygen atoms in total. The van der Waals surface area contributed by atoms with Gasteiger partial charge in [-0.2, -0.15) is 0 Å². The number of sulfonamides is 1. The van der Waals surface area contributed by atoms with E-state index in [-0.39, 0.29) is 33.8 Å². The van der Waals surface area contributed by atoms with Crippen LogP contribution in [-0.4, -0.2) is 42.4 Å². The van der Waals surface area contributed by atoms with Crippen LogP contribution in [0.15, 0.2) is 47.6 Å². The van der Waals surface area contributed by atoms with Gasteiger partial charge in [-0.15, -0.1) is 0 Å². The molecule has 2 N–H and O–H groups in total. The standard InChI is InChI=1S/C16H19N3O4S/c1-11(2)19(3)16(21)14-6-4-5-7-15(14)24(22,23)18-12-8-13(20)10-17-9-12/h4-11,18,20H,1-3H3. The number of benzene rings is 1. The van der Waals surface area contributed by atoms with Gasteiger partial charge in [0, 0.05) is 19.2 Å². The van der Waals surface area contributed by atoms with E-state index in [4.69, 9.17) is 0 Å². The van der Waals surface area contributed by atoms with Gasteiger partial charge < -0.3 is 10.0 Å². The molecule has 0 spiro atoms. The lowest BCUT2D eigenvalue weighted by molar-refractivity contribution is 0.0751. The molecule has 0 atom stereocenters. The summed E-state index contributed by atoms with van der Waals surface area (Å²) in [5.74, 6) is -0.556. The van der Waals surface area contributed by atoms with Crippen LogP contribution in [-0.2, 0) is 10.0 Å². The molecule has 1 aromatic carbocycles. The zero-order chi connectivity index (χ0) is 17.9. The molecular formula is C16H19N3O4S. The zero-order valence-corrected chi connectivity index (χ0v) is 14.4. The van der Waals surface area contributed by atoms with Gasteiger partial charge in [-0.1, -0.05) is 12.1 Å². The maximum Gasteiger partial charge on any atom is 0.262 e. The van der Waals surface area contributed by atoms with Crippen molar-refractivity contribution in [1.29, 1.82) is 0 Å². The van der Waals surface area contributed by atoms with E-state index in [1.165, 1.54) is 35.5 Å². The summed E-state index contributed by atoms with van der Waals surface area (Å²) in [6.07, 6.45) is 2.45. The Morgan fingerprint density at radius 2 is 1.92 bits per heavy atom. The molecule has 1 aromatic heterocycles. The fourth-order valence-corrected chi connectivity index (χ4v) is 3.23. The summed E-state index contributed by atoms with van der Waals surface area (Å²) in [7, 11) is -2.40. The van der Waals surface area contributed by atoms with Gasteiger partial charge >= 0.3 is 0 Å². The smallest absolute Gasteiger partial charge is 0.262 e. The number of aromatic nitrogens is 1. The number of pyridine rings is 1. The van der Waals surface area contributed by atoms with Gasteiger partial charge in [-0.3, -0.25) is 14.5 Å². The fourth-order valence-electron chi connectivity index (χ4n) is 2.00. The normalized spacial score (nSPS) is 11.3. The highest BCUT2D eigenvalue weighted by Crippen LogP contribution is 2.22. The monoisotopic (exact) mass is 349 g/mol. The molecule has 0 unspecified atom stereocenters. The second-order valence-corrected chi connectivity index (χ2v) is 7.19. The van der Waals surface area contributed by atoms with E-state index in [2.05, 4.69) is 9.71 Å². The van der Waals surface area contributed by atoms with Crippen LogP contribution < -0.4 is 4.72 Å². The molecule has 0 radical (unpaired) electrons. The summed E-state index contributed by atoms with van der Waals surface area (Å²) in [6.45, 7) is 3.68. The fraction of sp³-hybridized carbons (Fsp3) is 0.250. The average Bonchev–Trinajstić information content (AvgIpc) is 2.53. The maximum absolute atomic E-state index is 12.6. The van der Waals surface area contributed by atoms with E-state index in [0.717, 1.165) is 0 Å². The molecule has 0 saturated heterocycles. The van der Waals surface area contributed by atoms with Gasteiger partial charge in [0.1, 0.15) is 10.6 Å². The van der Waals surface area contributed by atoms with Gasteiger partial charge in [-0.05, 0) is 26.0 Å². The van der Waals surface area contributed by atoms with Crippen LogP contribution in [0, 0.1) is 0 Å². The molecule has 2 rings (SSSR count).